The van der Waals surface area contributed by atoms with Crippen molar-refractivity contribution in [1.29, 1.82) is 0 Å². The van der Waals surface area contributed by atoms with Crippen LogP contribution in [-0.2, 0) is 22.0 Å². The summed E-state index contributed by atoms with van der Waals surface area (Å²) in [5.41, 5.74) is -1.10. The van der Waals surface area contributed by atoms with Crippen LogP contribution in [0.15, 0.2) is 33.9 Å². The molecule has 3 aromatic rings. The van der Waals surface area contributed by atoms with E-state index in [1.807, 2.05) is 6.92 Å². The number of nitrogens with zero attached hydrogens (tertiary/aromatic N) is 5. The smallest absolute Gasteiger partial charge is 0.262 e. The summed E-state index contributed by atoms with van der Waals surface area (Å²) in [6.45, 7) is 1.76. The Hall–Kier alpha value is -2.01. The van der Waals surface area contributed by atoms with Crippen molar-refractivity contribution < 1.29 is 18.0 Å². The topological polar surface area (TPSA) is 114 Å². The standard InChI is InChI=1S/C15H16ClN5O4S/c1-2-10-17-14(25-19-10)15(22)6-8-20(9-15)26(23,24)13-12(16)18-11-5-3-4-7-21(11)13/h3-5,7,22H,2,6,8-9H2,1H3. The highest BCUT2D eigenvalue weighted by atomic mass is 35.5. The maximum Gasteiger partial charge on any atom is 0.262 e. The summed E-state index contributed by atoms with van der Waals surface area (Å²) in [7, 11) is -3.98. The average Bonchev–Trinajstić information content (AvgIpc) is 3.30. The molecule has 0 spiro atoms. The number of β-amino-alcohol motifs (C(OH)–C–C–N with tert-alkyl or cyclic N) is 1. The largest absolute Gasteiger partial charge is 0.379 e. The Labute approximate surface area is 154 Å². The van der Waals surface area contributed by atoms with Crippen molar-refractivity contribution in [1.82, 2.24) is 23.8 Å². The maximum atomic E-state index is 13.1. The minimum Gasteiger partial charge on any atom is -0.379 e. The number of aliphatic hydroxyl groups is 1. The third-order valence-corrected chi connectivity index (χ3v) is 6.67. The van der Waals surface area contributed by atoms with Gasteiger partial charge in [-0.3, -0.25) is 4.40 Å². The van der Waals surface area contributed by atoms with Crippen molar-refractivity contribution in [3.63, 3.8) is 0 Å². The van der Waals surface area contributed by atoms with E-state index in [1.165, 1.54) is 4.40 Å². The second kappa shape index (κ2) is 6.02. The van der Waals surface area contributed by atoms with Gasteiger partial charge in [0.05, 0.1) is 6.54 Å². The first-order chi connectivity index (χ1) is 12.3. The zero-order valence-corrected chi connectivity index (χ0v) is 15.4. The fourth-order valence-electron chi connectivity index (χ4n) is 3.02. The molecule has 1 saturated heterocycles. The highest BCUT2D eigenvalue weighted by Crippen LogP contribution is 2.35. The number of fused-ring (bicyclic) bond motifs is 1. The minimum absolute atomic E-state index is 0.0243. The van der Waals surface area contributed by atoms with Gasteiger partial charge in [0.25, 0.3) is 15.9 Å². The average molecular weight is 398 g/mol. The zero-order chi connectivity index (χ0) is 18.5. The van der Waals surface area contributed by atoms with E-state index in [9.17, 15) is 13.5 Å². The van der Waals surface area contributed by atoms with Crippen LogP contribution in [0.4, 0.5) is 0 Å². The predicted octanol–water partition coefficient (Wildman–Crippen LogP) is 1.22. The van der Waals surface area contributed by atoms with Gasteiger partial charge in [-0.15, -0.1) is 0 Å². The number of imidazole rings is 1. The number of halogens is 1. The number of rotatable bonds is 4. The van der Waals surface area contributed by atoms with Crippen LogP contribution in [0.25, 0.3) is 5.65 Å². The molecule has 26 heavy (non-hydrogen) atoms. The van der Waals surface area contributed by atoms with Gasteiger partial charge in [-0.2, -0.15) is 9.29 Å². The first kappa shape index (κ1) is 17.4. The molecule has 0 aliphatic carbocycles. The molecule has 1 aliphatic rings. The summed E-state index contributed by atoms with van der Waals surface area (Å²) in [5.74, 6) is 0.482. The molecule has 9 nitrogen and oxygen atoms in total. The summed E-state index contributed by atoms with van der Waals surface area (Å²) in [5, 5.41) is 14.4. The Kier molecular flexibility index (Phi) is 4.03. The second-order valence-corrected chi connectivity index (χ2v) is 8.34. The Morgan fingerprint density at radius 2 is 2.19 bits per heavy atom. The first-order valence-corrected chi connectivity index (χ1v) is 9.85. The van der Waals surface area contributed by atoms with E-state index in [1.54, 1.807) is 24.4 Å². The SMILES string of the molecule is CCc1noc(C2(O)CCN(S(=O)(=O)c3c(Cl)nc4ccccn34)C2)n1. The number of aromatic nitrogens is 4. The monoisotopic (exact) mass is 397 g/mol. The van der Waals surface area contributed by atoms with Gasteiger partial charge in [-0.05, 0) is 12.1 Å². The van der Waals surface area contributed by atoms with Crippen molar-refractivity contribution in [2.24, 2.45) is 0 Å². The van der Waals surface area contributed by atoms with Crippen LogP contribution >= 0.6 is 11.6 Å². The van der Waals surface area contributed by atoms with E-state index in [2.05, 4.69) is 15.1 Å². The van der Waals surface area contributed by atoms with Gasteiger partial charge in [-0.1, -0.05) is 29.7 Å². The highest BCUT2D eigenvalue weighted by molar-refractivity contribution is 7.89. The lowest BCUT2D eigenvalue weighted by Gasteiger charge is -2.19. The molecular formula is C15H16ClN5O4S. The van der Waals surface area contributed by atoms with Crippen molar-refractivity contribution in [3.8, 4) is 0 Å². The van der Waals surface area contributed by atoms with Crippen LogP contribution in [0.3, 0.4) is 0 Å². The molecule has 1 fully saturated rings. The summed E-state index contributed by atoms with van der Waals surface area (Å²) < 4.78 is 33.9. The zero-order valence-electron chi connectivity index (χ0n) is 13.8. The number of pyridine rings is 1. The van der Waals surface area contributed by atoms with Crippen LogP contribution in [0.5, 0.6) is 0 Å². The fourth-order valence-corrected chi connectivity index (χ4v) is 5.11. The van der Waals surface area contributed by atoms with Crippen molar-refractivity contribution in [2.45, 2.75) is 30.4 Å². The molecule has 0 amide bonds. The molecule has 0 aromatic carbocycles. The Morgan fingerprint density at radius 3 is 2.92 bits per heavy atom. The van der Waals surface area contributed by atoms with E-state index in [0.717, 1.165) is 4.31 Å². The van der Waals surface area contributed by atoms with Crippen molar-refractivity contribution in [3.05, 3.63) is 41.3 Å². The Balaban J connectivity index is 1.70. The molecule has 1 atom stereocenters. The Morgan fingerprint density at radius 1 is 1.38 bits per heavy atom. The molecule has 11 heteroatoms. The Bertz CT molecular complexity index is 1080. The lowest BCUT2D eigenvalue weighted by Crippen LogP contribution is -2.35. The molecule has 0 radical (unpaired) electrons. The third kappa shape index (κ3) is 2.60. The molecule has 4 heterocycles. The van der Waals surface area contributed by atoms with Crippen LogP contribution in [-0.4, -0.2) is 50.4 Å². The number of hydrogen-bond acceptors (Lipinski definition) is 7. The summed E-state index contributed by atoms with van der Waals surface area (Å²) >= 11 is 6.10. The molecule has 3 aromatic heterocycles. The van der Waals surface area contributed by atoms with Gasteiger partial charge < -0.3 is 9.63 Å². The molecule has 1 unspecified atom stereocenters. The van der Waals surface area contributed by atoms with Crippen molar-refractivity contribution >= 4 is 27.3 Å². The highest BCUT2D eigenvalue weighted by Gasteiger charge is 2.47. The van der Waals surface area contributed by atoms with E-state index in [-0.39, 0.29) is 35.6 Å². The molecule has 138 valence electrons. The van der Waals surface area contributed by atoms with E-state index in [4.69, 9.17) is 16.1 Å². The number of sulfonamides is 1. The number of aryl methyl sites for hydroxylation is 1. The van der Waals surface area contributed by atoms with Gasteiger partial charge in [0.15, 0.2) is 21.6 Å². The lowest BCUT2D eigenvalue weighted by molar-refractivity contribution is 0.0194. The summed E-state index contributed by atoms with van der Waals surface area (Å²) in [6.07, 6.45) is 2.28. The first-order valence-electron chi connectivity index (χ1n) is 8.03. The molecule has 0 bridgehead atoms. The van der Waals surface area contributed by atoms with Crippen LogP contribution in [0.2, 0.25) is 5.15 Å². The van der Waals surface area contributed by atoms with Crippen LogP contribution in [0.1, 0.15) is 25.1 Å². The van der Waals surface area contributed by atoms with Crippen molar-refractivity contribution in [2.75, 3.05) is 13.1 Å². The maximum absolute atomic E-state index is 13.1. The fraction of sp³-hybridized carbons (Fsp3) is 0.400. The lowest BCUT2D eigenvalue weighted by atomic mass is 10.0. The molecular weight excluding hydrogens is 382 g/mol. The van der Waals surface area contributed by atoms with Gasteiger partial charge in [0.1, 0.15) is 5.65 Å². The normalized spacial score (nSPS) is 21.7. The van der Waals surface area contributed by atoms with E-state index >= 15 is 0 Å². The van der Waals surface area contributed by atoms with Gasteiger partial charge in [0.2, 0.25) is 0 Å². The molecule has 1 aliphatic heterocycles. The van der Waals surface area contributed by atoms with E-state index in [0.29, 0.717) is 17.9 Å². The predicted molar refractivity (Wildman–Crippen MR) is 91.2 cm³/mol. The van der Waals surface area contributed by atoms with Gasteiger partial charge >= 0.3 is 0 Å². The second-order valence-electron chi connectivity index (χ2n) is 6.13. The molecule has 0 saturated carbocycles. The van der Waals surface area contributed by atoms with Crippen LogP contribution in [0, 0.1) is 0 Å². The number of hydrogen-bond donors (Lipinski definition) is 1. The van der Waals surface area contributed by atoms with Gasteiger partial charge in [-0.25, -0.2) is 13.4 Å². The third-order valence-electron chi connectivity index (χ3n) is 4.43. The van der Waals surface area contributed by atoms with E-state index < -0.39 is 15.6 Å². The quantitative estimate of drug-likeness (QED) is 0.703. The van der Waals surface area contributed by atoms with Gasteiger partial charge in [0, 0.05) is 25.6 Å². The molecule has 1 N–H and O–H groups in total. The molecule has 4 rings (SSSR count). The summed E-state index contributed by atoms with van der Waals surface area (Å²) in [4.78, 5) is 8.22. The summed E-state index contributed by atoms with van der Waals surface area (Å²) in [6, 6.07) is 5.09. The van der Waals surface area contributed by atoms with Crippen LogP contribution < -0.4 is 0 Å². The minimum atomic E-state index is -3.98.